The summed E-state index contributed by atoms with van der Waals surface area (Å²) in [4.78, 5) is 0. The Labute approximate surface area is 66.0 Å². The van der Waals surface area contributed by atoms with E-state index in [9.17, 15) is 8.76 Å². The van der Waals surface area contributed by atoms with E-state index in [1.165, 1.54) is 0 Å². The van der Waals surface area contributed by atoms with Crippen LogP contribution in [0, 0.1) is 0 Å². The molecule has 0 saturated carbocycles. The second-order valence-electron chi connectivity index (χ2n) is 1.24. The summed E-state index contributed by atoms with van der Waals surface area (Å²) < 4.78 is 20.2. The van der Waals surface area contributed by atoms with Gasteiger partial charge >= 0.3 is 0 Å². The molecule has 0 aromatic rings. The maximum atomic E-state index is 10.1. The predicted molar refractivity (Wildman–Crippen MR) is 37.3 cm³/mol. The van der Waals surface area contributed by atoms with Crippen molar-refractivity contribution in [1.82, 2.24) is 5.32 Å². The summed E-state index contributed by atoms with van der Waals surface area (Å²) >= 11 is 8.22. The third kappa shape index (κ3) is 4.11. The minimum Gasteiger partial charge on any atom is -0.771 e. The molecule has 0 aliphatic rings. The average molecular weight is 191 g/mol. The Morgan fingerprint density at radius 3 is 2.33 bits per heavy atom. The normalized spacial score (nSPS) is 17.2. The van der Waals surface area contributed by atoms with Crippen LogP contribution in [0.2, 0.25) is 0 Å². The molecule has 2 atom stereocenters. The quantitative estimate of drug-likeness (QED) is 0.392. The molecule has 0 rings (SSSR count). The zero-order chi connectivity index (χ0) is 7.28. The van der Waals surface area contributed by atoms with E-state index in [1.807, 2.05) is 0 Å². The van der Waals surface area contributed by atoms with E-state index in [1.54, 1.807) is 0 Å². The number of hydrogen-bond acceptors (Lipinski definition) is 3. The number of hydrogen-bond donors (Lipinski definition) is 1. The molecule has 0 aliphatic carbocycles. The number of halogens is 2. The molecular formula is C3H6Cl2NO2S-. The van der Waals surface area contributed by atoms with Gasteiger partial charge in [0.05, 0.1) is 11.4 Å². The third-order valence-corrected chi connectivity index (χ3v) is 2.12. The van der Waals surface area contributed by atoms with Gasteiger partial charge in [-0.05, 0) is 11.1 Å². The van der Waals surface area contributed by atoms with Crippen LogP contribution in [0.15, 0.2) is 0 Å². The Bertz CT molecular complexity index is 102. The van der Waals surface area contributed by atoms with Crippen LogP contribution in [-0.2, 0) is 11.1 Å². The van der Waals surface area contributed by atoms with Crippen LogP contribution in [-0.4, -0.2) is 26.0 Å². The van der Waals surface area contributed by atoms with Crippen molar-refractivity contribution in [2.24, 2.45) is 0 Å². The van der Waals surface area contributed by atoms with Crippen molar-refractivity contribution < 1.29 is 8.76 Å². The summed E-state index contributed by atoms with van der Waals surface area (Å²) in [6.07, 6.45) is 0. The lowest BCUT2D eigenvalue weighted by atomic mass is 10.7. The van der Waals surface area contributed by atoms with E-state index in [-0.39, 0.29) is 11.9 Å². The Kier molecular flexibility index (Phi) is 5.83. The molecule has 56 valence electrons. The molecule has 0 spiro atoms. The topological polar surface area (TPSA) is 52.2 Å². The van der Waals surface area contributed by atoms with Gasteiger partial charge in [-0.2, -0.15) is 0 Å². The van der Waals surface area contributed by atoms with Gasteiger partial charge in [0.2, 0.25) is 0 Å². The first-order chi connectivity index (χ1) is 4.22. The fourth-order valence-electron chi connectivity index (χ4n) is 0.260. The van der Waals surface area contributed by atoms with Crippen molar-refractivity contribution in [2.45, 2.75) is 5.37 Å². The molecule has 0 heterocycles. The summed E-state index contributed by atoms with van der Waals surface area (Å²) in [5, 5.41) is 1.72. The molecule has 0 aliphatic heterocycles. The second kappa shape index (κ2) is 5.44. The summed E-state index contributed by atoms with van der Waals surface area (Å²) in [6.45, 7) is 0. The monoisotopic (exact) mass is 190 g/mol. The lowest BCUT2D eigenvalue weighted by Crippen LogP contribution is -2.33. The van der Waals surface area contributed by atoms with Crippen LogP contribution in [0.3, 0.4) is 0 Å². The predicted octanol–water partition coefficient (Wildman–Crippen LogP) is 0.216. The van der Waals surface area contributed by atoms with Gasteiger partial charge in [-0.3, -0.25) is 9.53 Å². The van der Waals surface area contributed by atoms with Crippen LogP contribution in [0.25, 0.3) is 0 Å². The van der Waals surface area contributed by atoms with Gasteiger partial charge in [-0.25, -0.2) is 0 Å². The van der Waals surface area contributed by atoms with Gasteiger partial charge in [0.15, 0.2) is 0 Å². The zero-order valence-electron chi connectivity index (χ0n) is 4.47. The zero-order valence-corrected chi connectivity index (χ0v) is 6.80. The molecule has 0 aromatic heterocycles. The molecule has 0 bridgehead atoms. The second-order valence-corrected chi connectivity index (χ2v) is 2.91. The summed E-state index contributed by atoms with van der Waals surface area (Å²) in [5.74, 6) is 0.0167. The molecule has 0 radical (unpaired) electrons. The van der Waals surface area contributed by atoms with Crippen LogP contribution >= 0.6 is 23.2 Å². The van der Waals surface area contributed by atoms with Crippen molar-refractivity contribution in [1.29, 1.82) is 0 Å². The fraction of sp³-hybridized carbons (Fsp3) is 1.00. The van der Waals surface area contributed by atoms with E-state index in [0.717, 1.165) is 0 Å². The van der Waals surface area contributed by atoms with Gasteiger partial charge in [0.1, 0.15) is 0 Å². The van der Waals surface area contributed by atoms with Crippen molar-refractivity contribution >= 4 is 34.3 Å². The Morgan fingerprint density at radius 1 is 1.67 bits per heavy atom. The van der Waals surface area contributed by atoms with Gasteiger partial charge < -0.3 is 4.55 Å². The van der Waals surface area contributed by atoms with E-state index < -0.39 is 16.5 Å². The van der Waals surface area contributed by atoms with Crippen LogP contribution in [0.4, 0.5) is 0 Å². The summed E-state index contributed by atoms with van der Waals surface area (Å²) in [7, 11) is 0. The molecule has 9 heavy (non-hydrogen) atoms. The van der Waals surface area contributed by atoms with Crippen LogP contribution < -0.4 is 5.32 Å². The number of nitrogens with one attached hydrogen (secondary N) is 1. The smallest absolute Gasteiger partial charge is 0.0847 e. The lowest BCUT2D eigenvalue weighted by molar-refractivity contribution is 0.516. The minimum atomic E-state index is -2.18. The maximum absolute atomic E-state index is 10.1. The summed E-state index contributed by atoms with van der Waals surface area (Å²) in [6, 6.07) is 0.0887. The number of alkyl halides is 2. The Hall–Kier alpha value is 0.650. The Morgan fingerprint density at radius 2 is 2.22 bits per heavy atom. The first-order valence-electron chi connectivity index (χ1n) is 2.15. The average Bonchev–Trinajstić information content (AvgIpc) is 1.82. The van der Waals surface area contributed by atoms with Crippen LogP contribution in [0.5, 0.6) is 0 Å². The minimum absolute atomic E-state index is 0.0167. The number of rotatable bonds is 4. The van der Waals surface area contributed by atoms with Crippen molar-refractivity contribution in [3.63, 3.8) is 0 Å². The Balaban J connectivity index is 3.54. The summed E-state index contributed by atoms with van der Waals surface area (Å²) in [5.41, 5.74) is 0. The van der Waals surface area contributed by atoms with E-state index in [4.69, 9.17) is 23.2 Å². The molecule has 1 N–H and O–H groups in total. The van der Waals surface area contributed by atoms with Crippen molar-refractivity contribution in [2.75, 3.05) is 11.9 Å². The maximum Gasteiger partial charge on any atom is 0.0847 e. The SMILES string of the molecule is O=S([O-])C(CCl)NCCl. The van der Waals surface area contributed by atoms with Crippen molar-refractivity contribution in [3.8, 4) is 0 Å². The lowest BCUT2D eigenvalue weighted by Gasteiger charge is -2.16. The van der Waals surface area contributed by atoms with Gasteiger partial charge in [-0.1, -0.05) is 0 Å². The highest BCUT2D eigenvalue weighted by molar-refractivity contribution is 7.79. The van der Waals surface area contributed by atoms with E-state index >= 15 is 0 Å². The molecule has 3 nitrogen and oxygen atoms in total. The molecular weight excluding hydrogens is 185 g/mol. The molecule has 0 saturated heterocycles. The first-order valence-corrected chi connectivity index (χ1v) is 4.36. The van der Waals surface area contributed by atoms with Gasteiger partial charge in [-0.15, -0.1) is 23.2 Å². The highest BCUT2D eigenvalue weighted by Gasteiger charge is 2.03. The first kappa shape index (κ1) is 9.65. The molecule has 0 fully saturated rings. The molecule has 6 heteroatoms. The largest absolute Gasteiger partial charge is 0.771 e. The van der Waals surface area contributed by atoms with Crippen molar-refractivity contribution in [3.05, 3.63) is 0 Å². The highest BCUT2D eigenvalue weighted by Crippen LogP contribution is 1.92. The van der Waals surface area contributed by atoms with Crippen LogP contribution in [0.1, 0.15) is 0 Å². The highest BCUT2D eigenvalue weighted by atomic mass is 35.5. The standard InChI is InChI=1S/C3H7Cl2NO2S/c4-1-3(6-2-5)9(7)8/h3,6H,1-2H2,(H,7,8)/p-1. The third-order valence-electron chi connectivity index (χ3n) is 0.677. The molecule has 0 aromatic carbocycles. The fourth-order valence-corrected chi connectivity index (χ4v) is 1.28. The van der Waals surface area contributed by atoms with Gasteiger partial charge in [0.25, 0.3) is 0 Å². The van der Waals surface area contributed by atoms with E-state index in [2.05, 4.69) is 5.32 Å². The molecule has 2 unspecified atom stereocenters. The molecule has 0 amide bonds. The van der Waals surface area contributed by atoms with E-state index in [0.29, 0.717) is 0 Å². The van der Waals surface area contributed by atoms with Gasteiger partial charge in [0, 0.05) is 5.88 Å².